The van der Waals surface area contributed by atoms with Crippen LogP contribution in [0.15, 0.2) is 140 Å². The van der Waals surface area contributed by atoms with Crippen LogP contribution in [0.4, 0.5) is 17.6 Å². The Morgan fingerprint density at radius 1 is 0.427 bits per heavy atom. The van der Waals surface area contributed by atoms with Gasteiger partial charge in [-0.1, -0.05) is 78.4 Å². The number of hydrogen-bond donors (Lipinski definition) is 3. The second-order valence-corrected chi connectivity index (χ2v) is 22.8. The Morgan fingerprint density at radius 2 is 0.708 bits per heavy atom. The van der Waals surface area contributed by atoms with Crippen molar-refractivity contribution in [3.05, 3.63) is 242 Å². The maximum Gasteiger partial charge on any atom is 0.320 e. The van der Waals surface area contributed by atoms with Crippen LogP contribution in [0, 0.1) is 71.7 Å². The van der Waals surface area contributed by atoms with E-state index in [1.54, 1.807) is 139 Å². The summed E-state index contributed by atoms with van der Waals surface area (Å²) in [5, 5.41) is 19.1. The Morgan fingerprint density at radius 3 is 1.02 bits per heavy atom. The molecule has 0 aliphatic heterocycles. The number of hydroxylamine groups is 1. The fourth-order valence-electron chi connectivity index (χ4n) is 12.4. The molecule has 3 heterocycles. The number of methoxy groups -OCH3 is 2. The van der Waals surface area contributed by atoms with Gasteiger partial charge >= 0.3 is 17.9 Å². The molecule has 4 atom stereocenters. The quantitative estimate of drug-likeness (QED) is 0.0361. The van der Waals surface area contributed by atoms with E-state index in [1.165, 1.54) is 38.5 Å². The zero-order valence-corrected chi connectivity index (χ0v) is 51.4. The highest BCUT2D eigenvalue weighted by atomic mass is 19.1. The molecular formula is C70H71F4N7O8. The third-order valence-corrected chi connectivity index (χ3v) is 17.5. The molecule has 3 N–H and O–H groups in total. The van der Waals surface area contributed by atoms with Gasteiger partial charge in [0.05, 0.1) is 19.6 Å². The van der Waals surface area contributed by atoms with E-state index in [9.17, 15) is 47.1 Å². The minimum Gasteiger partial charge on any atom is -0.480 e. The standard InChI is InChI=1S/C19H19FN2O2.C18H18FN3O2.C18H17FN2O2.C15H17FO2/c1-12-16(5-4-6-17(12)20)19(18(23)24-3)8-7-14(9-19)15-10-21-13(2)22-11-15;1-11-15(4-3-5-16(11)19)18(17(23)22-24)7-6-13(8-18)14-9-20-12(2)21-10-14;1-11-15(4-3-5-16(11)19)18(17(22)23)7-6-13(8-18)14-9-20-12(2)21-10-14;1-10-7-8-15(9-10,14(17)18-3)12-5-4-6-13(16)11(12)2/h4-6,9-11H,7-8H2,1-3H3;3-5,8-10,24H,6-7H2,1-2H3,(H,22,23);3-5,8-10H,6-7H2,1-2H3,(H,22,23);4-6,9H,7-8H2,1-3H3/t19-;2*18-;15-/m1111/s1. The van der Waals surface area contributed by atoms with Crippen LogP contribution in [0.2, 0.25) is 0 Å². The second kappa shape index (κ2) is 27.4. The van der Waals surface area contributed by atoms with Gasteiger partial charge in [-0.3, -0.25) is 24.4 Å². The normalized spacial score (nSPS) is 20.6. The third-order valence-electron chi connectivity index (χ3n) is 17.5. The zero-order chi connectivity index (χ0) is 64.6. The lowest BCUT2D eigenvalue weighted by molar-refractivity contribution is -0.146. The van der Waals surface area contributed by atoms with Gasteiger partial charge in [0.25, 0.3) is 5.91 Å². The van der Waals surface area contributed by atoms with E-state index in [1.807, 2.05) is 32.1 Å². The van der Waals surface area contributed by atoms with Gasteiger partial charge in [-0.2, -0.15) is 0 Å². The molecule has 0 bridgehead atoms. The van der Waals surface area contributed by atoms with E-state index in [0.29, 0.717) is 107 Å². The number of carboxylic acid groups (broad SMARTS) is 1. The minimum absolute atomic E-state index is 0.284. The molecule has 89 heavy (non-hydrogen) atoms. The van der Waals surface area contributed by atoms with Crippen LogP contribution in [0.3, 0.4) is 0 Å². The van der Waals surface area contributed by atoms with Crippen molar-refractivity contribution in [3.8, 4) is 0 Å². The van der Waals surface area contributed by atoms with Crippen LogP contribution in [0.1, 0.15) is 137 Å². The Kier molecular flexibility index (Phi) is 20.2. The van der Waals surface area contributed by atoms with Crippen molar-refractivity contribution in [1.29, 1.82) is 0 Å². The van der Waals surface area contributed by atoms with Crippen molar-refractivity contribution >= 4 is 40.5 Å². The minimum atomic E-state index is -1.20. The van der Waals surface area contributed by atoms with Crippen molar-refractivity contribution in [3.63, 3.8) is 0 Å². The largest absolute Gasteiger partial charge is 0.480 e. The number of allylic oxidation sites excluding steroid dienone is 4. The van der Waals surface area contributed by atoms with Gasteiger partial charge in [-0.25, -0.2) is 52.9 Å². The van der Waals surface area contributed by atoms with Crippen molar-refractivity contribution in [1.82, 2.24) is 35.4 Å². The molecule has 0 saturated carbocycles. The molecule has 4 aliphatic carbocycles. The summed E-state index contributed by atoms with van der Waals surface area (Å²) in [5.41, 5.74) is 8.26. The van der Waals surface area contributed by atoms with E-state index in [4.69, 9.17) is 9.47 Å². The zero-order valence-electron chi connectivity index (χ0n) is 51.4. The molecule has 19 heteroatoms. The first kappa shape index (κ1) is 65.6. The first-order valence-corrected chi connectivity index (χ1v) is 29.0. The number of nitrogens with zero attached hydrogens (tertiary/aromatic N) is 6. The second-order valence-electron chi connectivity index (χ2n) is 22.8. The SMILES string of the molecule is COC(=O)[C@@]1(c2cccc(F)c2C)C=C(C)CC1.COC(=O)[C@@]1(c2cccc(F)c2C)C=C(c2cnc(C)nc2)CC1.Cc1ncc(C2=C[C@@](C(=O)NO)(c3cccc(F)c3C)CC2)cn1.Cc1ncc(C2=C[C@@](C(=O)O)(c3cccc(F)c3C)CC2)cn1. The summed E-state index contributed by atoms with van der Waals surface area (Å²) in [6.07, 6.45) is 22.4. The number of carboxylic acids is 1. The highest BCUT2D eigenvalue weighted by Gasteiger charge is 2.47. The first-order chi connectivity index (χ1) is 42.4. The molecule has 0 saturated heterocycles. The number of rotatable bonds is 11. The molecule has 4 aliphatic rings. The maximum atomic E-state index is 14.0. The highest BCUT2D eigenvalue weighted by molar-refractivity contribution is 5.95. The number of halogens is 4. The van der Waals surface area contributed by atoms with Gasteiger partial charge < -0.3 is 14.6 Å². The number of aliphatic carboxylic acids is 1. The summed E-state index contributed by atoms with van der Waals surface area (Å²) in [5.74, 6) is -1.57. The molecular weight excluding hydrogens is 1140 g/mol. The number of aromatic nitrogens is 6. The number of nitrogens with one attached hydrogen (secondary N) is 1. The number of aryl methyl sites for hydroxylation is 3. The lowest BCUT2D eigenvalue weighted by atomic mass is 9.77. The van der Waals surface area contributed by atoms with Crippen molar-refractivity contribution < 1.29 is 56.5 Å². The molecule has 1 amide bonds. The van der Waals surface area contributed by atoms with E-state index in [2.05, 4.69) is 29.9 Å². The van der Waals surface area contributed by atoms with Crippen LogP contribution >= 0.6 is 0 Å². The predicted octanol–water partition coefficient (Wildman–Crippen LogP) is 13.1. The molecule has 11 rings (SSSR count). The molecule has 0 fully saturated rings. The Hall–Kier alpha value is -9.36. The molecule has 4 aromatic carbocycles. The number of carbonyl (C=O) groups is 4. The summed E-state index contributed by atoms with van der Waals surface area (Å²) in [7, 11) is 2.74. The predicted molar refractivity (Wildman–Crippen MR) is 328 cm³/mol. The Labute approximate surface area is 514 Å². The number of ether oxygens (including phenoxy) is 2. The smallest absolute Gasteiger partial charge is 0.320 e. The number of esters is 2. The molecule has 7 aromatic rings. The Balaban J connectivity index is 0.000000154. The molecule has 3 aromatic heterocycles. The highest BCUT2D eigenvalue weighted by Crippen LogP contribution is 2.48. The van der Waals surface area contributed by atoms with Crippen LogP contribution in [0.5, 0.6) is 0 Å². The van der Waals surface area contributed by atoms with Crippen molar-refractivity contribution in [2.24, 2.45) is 0 Å². The number of amides is 1. The van der Waals surface area contributed by atoms with E-state index < -0.39 is 33.5 Å². The van der Waals surface area contributed by atoms with Gasteiger partial charge in [0.1, 0.15) is 57.0 Å². The molecule has 0 spiro atoms. The first-order valence-electron chi connectivity index (χ1n) is 29.0. The maximum absolute atomic E-state index is 14.0. The molecule has 462 valence electrons. The third kappa shape index (κ3) is 13.3. The summed E-state index contributed by atoms with van der Waals surface area (Å²) in [6, 6.07) is 18.9. The van der Waals surface area contributed by atoms with E-state index in [-0.39, 0.29) is 35.2 Å². The summed E-state index contributed by atoms with van der Waals surface area (Å²) in [4.78, 5) is 74.4. The summed E-state index contributed by atoms with van der Waals surface area (Å²) < 4.78 is 65.6. The van der Waals surface area contributed by atoms with Gasteiger partial charge in [0.15, 0.2) is 0 Å². The van der Waals surface area contributed by atoms with E-state index in [0.717, 1.165) is 45.4 Å². The van der Waals surface area contributed by atoms with Gasteiger partial charge in [-0.15, -0.1) is 0 Å². The fourth-order valence-corrected chi connectivity index (χ4v) is 12.4. The molecule has 0 unspecified atom stereocenters. The average molecular weight is 1210 g/mol. The lowest BCUT2D eigenvalue weighted by Gasteiger charge is -2.27. The number of benzene rings is 4. The number of hydrogen-bond acceptors (Lipinski definition) is 13. The van der Waals surface area contributed by atoms with Crippen LogP contribution in [-0.2, 0) is 50.3 Å². The van der Waals surface area contributed by atoms with E-state index >= 15 is 0 Å². The number of carbonyl (C=O) groups excluding carboxylic acids is 3. The van der Waals surface area contributed by atoms with Crippen molar-refractivity contribution in [2.75, 3.05) is 14.2 Å². The fraction of sp³-hybridized carbons (Fsp3) is 0.314. The summed E-state index contributed by atoms with van der Waals surface area (Å²) in [6.45, 7) is 14.1. The van der Waals surface area contributed by atoms with Crippen LogP contribution in [-0.4, -0.2) is 78.3 Å². The van der Waals surface area contributed by atoms with Gasteiger partial charge in [-0.05, 0) is 192 Å². The average Bonchev–Trinajstić information content (AvgIpc) is 1.80. The summed E-state index contributed by atoms with van der Waals surface area (Å²) >= 11 is 0. The van der Waals surface area contributed by atoms with Crippen LogP contribution in [0.25, 0.3) is 16.7 Å². The Bertz CT molecular complexity index is 3830. The van der Waals surface area contributed by atoms with Crippen LogP contribution < -0.4 is 5.48 Å². The molecule has 0 radical (unpaired) electrons. The monoisotopic (exact) mass is 1210 g/mol. The van der Waals surface area contributed by atoms with Crippen molar-refractivity contribution in [2.45, 2.75) is 128 Å². The topological polar surface area (TPSA) is 217 Å². The van der Waals surface area contributed by atoms with Gasteiger partial charge in [0, 0.05) is 53.9 Å². The molecule has 15 nitrogen and oxygen atoms in total. The lowest BCUT2D eigenvalue weighted by Crippen LogP contribution is -2.41. The van der Waals surface area contributed by atoms with Gasteiger partial charge in [0.2, 0.25) is 0 Å².